The van der Waals surface area contributed by atoms with E-state index < -0.39 is 0 Å². The smallest absolute Gasteiger partial charge is 0.207 e. The third-order valence-corrected chi connectivity index (χ3v) is 3.11. The van der Waals surface area contributed by atoms with Crippen molar-refractivity contribution in [2.75, 3.05) is 0 Å². The highest BCUT2D eigenvalue weighted by Crippen LogP contribution is 2.18. The summed E-state index contributed by atoms with van der Waals surface area (Å²) < 4.78 is 3.19. The Labute approximate surface area is 120 Å². The van der Waals surface area contributed by atoms with Crippen LogP contribution in [0.4, 0.5) is 0 Å². The van der Waals surface area contributed by atoms with Crippen LogP contribution in [0, 0.1) is 0 Å². The van der Waals surface area contributed by atoms with Gasteiger partial charge in [-0.2, -0.15) is 10.2 Å². The number of carbonyl (C=O) groups excluding carboxylic acids is 1. The summed E-state index contributed by atoms with van der Waals surface area (Å²) in [5.41, 5.74) is 0.906. The van der Waals surface area contributed by atoms with Gasteiger partial charge < -0.3 is 0 Å². The fourth-order valence-corrected chi connectivity index (χ4v) is 2.13. The first-order valence-electron chi connectivity index (χ1n) is 5.65. The van der Waals surface area contributed by atoms with Crippen molar-refractivity contribution >= 4 is 35.1 Å². The van der Waals surface area contributed by atoms with E-state index in [1.54, 1.807) is 30.2 Å². The van der Waals surface area contributed by atoms with E-state index in [0.29, 0.717) is 22.3 Å². The minimum atomic E-state index is -0.273. The molecule has 2 heterocycles. The van der Waals surface area contributed by atoms with Crippen molar-refractivity contribution in [3.8, 4) is 0 Å². The highest BCUT2D eigenvalue weighted by atomic mass is 35.5. The number of hydrogen-bond donors (Lipinski definition) is 0. The Morgan fingerprint density at radius 3 is 2.74 bits per heavy atom. The van der Waals surface area contributed by atoms with Gasteiger partial charge in [0.2, 0.25) is 5.78 Å². The number of ketones is 1. The molecule has 0 atom stereocenters. The van der Waals surface area contributed by atoms with Crippen molar-refractivity contribution in [1.29, 1.82) is 0 Å². The van der Waals surface area contributed by atoms with Crippen LogP contribution >= 0.6 is 23.2 Å². The SMILES string of the molecule is CCn1ncc(Cl)c1/C=C/C(=O)c1nn(C)cc1Cl. The summed E-state index contributed by atoms with van der Waals surface area (Å²) in [5, 5.41) is 8.91. The van der Waals surface area contributed by atoms with Crippen molar-refractivity contribution in [2.45, 2.75) is 13.5 Å². The van der Waals surface area contributed by atoms with E-state index in [-0.39, 0.29) is 11.5 Å². The molecule has 0 N–H and O–H groups in total. The van der Waals surface area contributed by atoms with Crippen molar-refractivity contribution in [1.82, 2.24) is 19.6 Å². The lowest BCUT2D eigenvalue weighted by Gasteiger charge is -1.99. The zero-order valence-corrected chi connectivity index (χ0v) is 12.0. The van der Waals surface area contributed by atoms with E-state index in [2.05, 4.69) is 10.2 Å². The van der Waals surface area contributed by atoms with Gasteiger partial charge in [0.25, 0.3) is 0 Å². The average Bonchev–Trinajstić information content (AvgIpc) is 2.89. The molecule has 2 aromatic rings. The molecule has 19 heavy (non-hydrogen) atoms. The van der Waals surface area contributed by atoms with E-state index >= 15 is 0 Å². The monoisotopic (exact) mass is 298 g/mol. The maximum Gasteiger partial charge on any atom is 0.207 e. The number of nitrogens with zero attached hydrogens (tertiary/aromatic N) is 4. The third-order valence-electron chi connectivity index (χ3n) is 2.54. The predicted octanol–water partition coefficient (Wildman–Crippen LogP) is 2.84. The molecule has 100 valence electrons. The van der Waals surface area contributed by atoms with Gasteiger partial charge in [0.05, 0.1) is 21.9 Å². The van der Waals surface area contributed by atoms with E-state index in [9.17, 15) is 4.79 Å². The summed E-state index contributed by atoms with van der Waals surface area (Å²) in [6.45, 7) is 2.61. The van der Waals surface area contributed by atoms with Crippen molar-refractivity contribution in [3.63, 3.8) is 0 Å². The Morgan fingerprint density at radius 2 is 2.16 bits per heavy atom. The Kier molecular flexibility index (Phi) is 4.07. The van der Waals surface area contributed by atoms with Gasteiger partial charge in [0.15, 0.2) is 5.69 Å². The second kappa shape index (κ2) is 5.59. The molecular formula is C12H12Cl2N4O. The maximum absolute atomic E-state index is 12.0. The molecule has 0 bridgehead atoms. The van der Waals surface area contributed by atoms with Crippen LogP contribution in [0.1, 0.15) is 23.1 Å². The molecule has 0 aliphatic heterocycles. The molecule has 0 amide bonds. The van der Waals surface area contributed by atoms with Crippen LogP contribution in [-0.2, 0) is 13.6 Å². The summed E-state index contributed by atoms with van der Waals surface area (Å²) >= 11 is 11.9. The number of allylic oxidation sites excluding steroid dienone is 1. The summed E-state index contributed by atoms with van der Waals surface area (Å²) in [6, 6.07) is 0. The lowest BCUT2D eigenvalue weighted by molar-refractivity contribution is 0.104. The van der Waals surface area contributed by atoms with Crippen LogP contribution in [0.2, 0.25) is 10.0 Å². The first kappa shape index (κ1) is 13.8. The largest absolute Gasteiger partial charge is 0.287 e. The van der Waals surface area contributed by atoms with Crippen LogP contribution in [0.15, 0.2) is 18.5 Å². The lowest BCUT2D eigenvalue weighted by Crippen LogP contribution is -2.01. The summed E-state index contributed by atoms with van der Waals surface area (Å²) in [4.78, 5) is 12.0. The van der Waals surface area contributed by atoms with Crippen LogP contribution in [0.3, 0.4) is 0 Å². The molecule has 0 saturated carbocycles. The quantitative estimate of drug-likeness (QED) is 0.644. The Balaban J connectivity index is 2.25. The number of hydrogen-bond acceptors (Lipinski definition) is 3. The summed E-state index contributed by atoms with van der Waals surface area (Å²) in [7, 11) is 1.70. The summed E-state index contributed by atoms with van der Waals surface area (Å²) in [5.74, 6) is -0.273. The van der Waals surface area contributed by atoms with Gasteiger partial charge in [-0.25, -0.2) is 0 Å². The molecule has 0 fully saturated rings. The first-order chi connectivity index (χ1) is 9.02. The number of rotatable bonds is 4. The fraction of sp³-hybridized carbons (Fsp3) is 0.250. The van der Waals surface area contributed by atoms with E-state index in [1.807, 2.05) is 6.92 Å². The first-order valence-corrected chi connectivity index (χ1v) is 6.41. The fourth-order valence-electron chi connectivity index (χ4n) is 1.65. The van der Waals surface area contributed by atoms with Crippen molar-refractivity contribution in [3.05, 3.63) is 39.9 Å². The maximum atomic E-state index is 12.0. The topological polar surface area (TPSA) is 52.7 Å². The van der Waals surface area contributed by atoms with Gasteiger partial charge in [0, 0.05) is 19.8 Å². The molecule has 0 spiro atoms. The van der Waals surface area contributed by atoms with Gasteiger partial charge in [-0.15, -0.1) is 0 Å². The number of halogens is 2. The minimum absolute atomic E-state index is 0.221. The highest BCUT2D eigenvalue weighted by Gasteiger charge is 2.12. The Hall–Kier alpha value is -1.59. The number of carbonyl (C=O) groups is 1. The Bertz CT molecular complexity index is 642. The van der Waals surface area contributed by atoms with Crippen LogP contribution in [-0.4, -0.2) is 25.3 Å². The van der Waals surface area contributed by atoms with E-state index in [4.69, 9.17) is 23.2 Å². The predicted molar refractivity (Wildman–Crippen MR) is 74.5 cm³/mol. The second-order valence-electron chi connectivity index (χ2n) is 3.89. The number of aryl methyl sites for hydroxylation is 2. The van der Waals surface area contributed by atoms with Crippen LogP contribution < -0.4 is 0 Å². The van der Waals surface area contributed by atoms with Crippen molar-refractivity contribution in [2.24, 2.45) is 7.05 Å². The lowest BCUT2D eigenvalue weighted by atomic mass is 10.2. The zero-order chi connectivity index (χ0) is 14.0. The second-order valence-corrected chi connectivity index (χ2v) is 4.70. The molecule has 5 nitrogen and oxygen atoms in total. The van der Waals surface area contributed by atoms with Gasteiger partial charge >= 0.3 is 0 Å². The molecular weight excluding hydrogens is 287 g/mol. The molecule has 0 radical (unpaired) electrons. The molecule has 2 rings (SSSR count). The molecule has 2 aromatic heterocycles. The zero-order valence-electron chi connectivity index (χ0n) is 10.5. The summed E-state index contributed by atoms with van der Waals surface area (Å²) in [6.07, 6.45) is 6.13. The van der Waals surface area contributed by atoms with Gasteiger partial charge in [-0.05, 0) is 19.1 Å². The Morgan fingerprint density at radius 1 is 1.42 bits per heavy atom. The van der Waals surface area contributed by atoms with Crippen molar-refractivity contribution < 1.29 is 4.79 Å². The minimum Gasteiger partial charge on any atom is -0.287 e. The van der Waals surface area contributed by atoms with E-state index in [0.717, 1.165) is 0 Å². The van der Waals surface area contributed by atoms with Crippen LogP contribution in [0.5, 0.6) is 0 Å². The molecule has 0 aliphatic carbocycles. The van der Waals surface area contributed by atoms with Gasteiger partial charge in [-0.3, -0.25) is 14.2 Å². The van der Waals surface area contributed by atoms with Gasteiger partial charge in [0.1, 0.15) is 0 Å². The van der Waals surface area contributed by atoms with E-state index in [1.165, 1.54) is 10.8 Å². The molecule has 0 saturated heterocycles. The van der Waals surface area contributed by atoms with Gasteiger partial charge in [-0.1, -0.05) is 23.2 Å². The standard InChI is InChI=1S/C12H12Cl2N4O/c1-3-18-10(8(13)6-15-18)4-5-11(19)12-9(14)7-17(2)16-12/h4-7H,3H2,1-2H3/b5-4+. The molecule has 0 aromatic carbocycles. The number of aromatic nitrogens is 4. The average molecular weight is 299 g/mol. The van der Waals surface area contributed by atoms with Crippen LogP contribution in [0.25, 0.3) is 6.08 Å². The molecule has 7 heteroatoms. The third kappa shape index (κ3) is 2.88. The highest BCUT2D eigenvalue weighted by molar-refractivity contribution is 6.34. The normalized spacial score (nSPS) is 11.4. The molecule has 0 aliphatic rings. The molecule has 0 unspecified atom stereocenters.